The molecule has 9 aromatic carbocycles. The molecule has 0 spiro atoms. The molecule has 6 heterocycles. The Hall–Kier alpha value is -10.2. The number of nitrogens with zero attached hydrogens (tertiary/aromatic N) is 6. The smallest absolute Gasteiger partial charge is 0.0352 e. The van der Waals surface area contributed by atoms with Crippen molar-refractivity contribution in [1.29, 1.82) is 0 Å². The van der Waals surface area contributed by atoms with Crippen molar-refractivity contribution in [2.75, 3.05) is 0 Å². The maximum absolute atomic E-state index is 8.93. The van der Waals surface area contributed by atoms with Crippen LogP contribution in [0.1, 0.15) is 172 Å². The van der Waals surface area contributed by atoms with Crippen LogP contribution >= 0.6 is 0 Å². The van der Waals surface area contributed by atoms with Crippen LogP contribution in [0.25, 0.3) is 67.5 Å². The van der Waals surface area contributed by atoms with Gasteiger partial charge in [0.15, 0.2) is 0 Å². The second-order valence-electron chi connectivity index (χ2n) is 29.6. The molecule has 9 heteroatoms. The van der Waals surface area contributed by atoms with Crippen molar-refractivity contribution in [2.24, 2.45) is 0 Å². The Morgan fingerprint density at radius 1 is 0.267 bits per heavy atom. The van der Waals surface area contributed by atoms with Crippen LogP contribution in [0.4, 0.5) is 0 Å². The van der Waals surface area contributed by atoms with Crippen molar-refractivity contribution in [2.45, 2.75) is 145 Å². The third-order valence-corrected chi connectivity index (χ3v) is 21.9. The van der Waals surface area contributed by atoms with E-state index in [0.29, 0.717) is 5.56 Å². The van der Waals surface area contributed by atoms with Gasteiger partial charge in [0.25, 0.3) is 0 Å². The van der Waals surface area contributed by atoms with Crippen molar-refractivity contribution in [3.63, 3.8) is 0 Å². The molecule has 3 aliphatic carbocycles. The van der Waals surface area contributed by atoms with E-state index >= 15 is 0 Å². The molecule has 0 unspecified atom stereocenters. The molecule has 3 aliphatic rings. The van der Waals surface area contributed by atoms with Crippen LogP contribution in [0.5, 0.6) is 0 Å². The molecule has 0 saturated heterocycles. The Morgan fingerprint density at radius 2 is 0.534 bits per heavy atom. The van der Waals surface area contributed by atoms with Crippen molar-refractivity contribution in [1.82, 2.24) is 29.9 Å². The number of rotatable bonds is 12. The predicted molar refractivity (Wildman–Crippen MR) is 466 cm³/mol. The summed E-state index contributed by atoms with van der Waals surface area (Å²) in [5.41, 5.74) is 19.3. The molecule has 15 aromatic rings. The van der Waals surface area contributed by atoms with Gasteiger partial charge in [-0.15, -0.1) is 215 Å². The minimum atomic E-state index is -2.09. The molecule has 116 heavy (non-hydrogen) atoms. The van der Waals surface area contributed by atoms with Gasteiger partial charge in [-0.3, -0.25) is 0 Å². The first-order valence-corrected chi connectivity index (χ1v) is 39.1. The molecule has 0 atom stereocenters. The van der Waals surface area contributed by atoms with Crippen molar-refractivity contribution < 1.29 is 72.7 Å². The van der Waals surface area contributed by atoms with E-state index in [-0.39, 0.29) is 82.1 Å². The van der Waals surface area contributed by atoms with E-state index in [2.05, 4.69) is 160 Å². The molecule has 6 nitrogen and oxygen atoms in total. The van der Waals surface area contributed by atoms with Gasteiger partial charge in [-0.2, -0.15) is 0 Å². The largest absolute Gasteiger partial charge is 0.305 e. The zero-order valence-electron chi connectivity index (χ0n) is 74.7. The Bertz CT molecular complexity index is 5140. The van der Waals surface area contributed by atoms with Gasteiger partial charge in [-0.05, 0) is 203 Å². The Labute approximate surface area is 743 Å². The van der Waals surface area contributed by atoms with Gasteiger partial charge in [0.1, 0.15) is 0 Å². The van der Waals surface area contributed by atoms with Crippen LogP contribution in [0, 0.1) is 50.1 Å². The molecule has 3 saturated carbocycles. The van der Waals surface area contributed by atoms with Gasteiger partial charge in [0.2, 0.25) is 0 Å². The Morgan fingerprint density at radius 3 is 0.767 bits per heavy atom. The van der Waals surface area contributed by atoms with Gasteiger partial charge in [-0.25, -0.2) is 0 Å². The summed E-state index contributed by atoms with van der Waals surface area (Å²) in [5, 5.41) is 0. The molecule has 3 fully saturated rings. The molecular formula is C107H100Ir3N6-6. The number of benzene rings is 9. The van der Waals surface area contributed by atoms with Gasteiger partial charge in [0.05, 0.1) is 0 Å². The minimum Gasteiger partial charge on any atom is -0.305 e. The fourth-order valence-corrected chi connectivity index (χ4v) is 14.7. The van der Waals surface area contributed by atoms with E-state index in [9.17, 15) is 0 Å². The predicted octanol–water partition coefficient (Wildman–Crippen LogP) is 26.7. The van der Waals surface area contributed by atoms with Gasteiger partial charge in [0, 0.05) is 110 Å². The fourth-order valence-electron chi connectivity index (χ4n) is 14.7. The average molecular weight is 2060 g/mol. The number of aryl methyl sites for hydroxylation is 2. The summed E-state index contributed by atoms with van der Waals surface area (Å²) in [4.78, 5) is 26.6. The summed E-state index contributed by atoms with van der Waals surface area (Å²) in [6, 6.07) is 121. The molecule has 0 amide bonds. The maximum Gasteiger partial charge on any atom is 0.0352 e. The van der Waals surface area contributed by atoms with Crippen LogP contribution < -0.4 is 0 Å². The normalized spacial score (nSPS) is 21.6. The average Bonchev–Trinajstić information content (AvgIpc) is 0.774. The van der Waals surface area contributed by atoms with E-state index in [1.54, 1.807) is 42.7 Å². The van der Waals surface area contributed by atoms with E-state index < -0.39 is 31.4 Å². The second kappa shape index (κ2) is 44.8. The standard InChI is InChI=1S/3C24H24N.2C12H10N.C11H8N.3Ir/c3*1-24(16-14-20(15-17-24)19-8-4-2-5-9-19)22-12-13-23(25-18-22)21-10-6-3-7-11-21;1-10-5-7-11(8-6-10)12-4-2-3-9-13-12;1-10-7-8-12(13-9-10)11-5-3-2-4-6-11;1-2-6-10(7-3-1)11-8-4-5-9-12-11;;;/h3*2-10,12-13,18,20H,14-17H2,1H3;2-7,9H,1H3;2-5,7-9H,1H3;1-6,8-9H;;;/q6*-1;;;/i3*20D;2*1D3;;;;. The van der Waals surface area contributed by atoms with Crippen LogP contribution in [0.3, 0.4) is 0 Å². The van der Waals surface area contributed by atoms with Crippen molar-refractivity contribution in [3.05, 3.63) is 434 Å². The molecule has 0 aliphatic heterocycles. The van der Waals surface area contributed by atoms with Crippen LogP contribution in [0.15, 0.2) is 353 Å². The summed E-state index contributed by atoms with van der Waals surface area (Å²) >= 11 is 0. The second-order valence-corrected chi connectivity index (χ2v) is 29.6. The van der Waals surface area contributed by atoms with Crippen LogP contribution in [-0.2, 0) is 76.6 Å². The zero-order valence-corrected chi connectivity index (χ0v) is 72.8. The van der Waals surface area contributed by atoms with E-state index in [1.807, 2.05) is 225 Å². The quantitative estimate of drug-likeness (QED) is 0.113. The number of aromatic nitrogens is 6. The van der Waals surface area contributed by atoms with Gasteiger partial charge in [-0.1, -0.05) is 191 Å². The van der Waals surface area contributed by atoms with Crippen LogP contribution in [-0.4, -0.2) is 29.9 Å². The Kier molecular flexibility index (Phi) is 29.3. The van der Waals surface area contributed by atoms with Gasteiger partial charge < -0.3 is 29.9 Å². The summed E-state index contributed by atoms with van der Waals surface area (Å²) in [7, 11) is 0. The molecule has 0 bridgehead atoms. The summed E-state index contributed by atoms with van der Waals surface area (Å²) < 4.78 is 70.2. The third kappa shape index (κ3) is 24.9. The zero-order chi connectivity index (χ0) is 85.5. The SMILES string of the molecule is [2H]C([2H])([2H])c1c[c-]c(-c2ccccn2)cc1.[2H]C([2H])([2H])c1ccc(-c2[c-]cccc2)nc1.[2H]C1(c2ccccc2)CCC(C)(c2ccc(-c3[c-]cccc3)nc2)CC1.[2H]C1(c2ccccc2)CCC(C)(c2ccc(-c3[c-]cccc3)nc2)CC1.[2H]C1(c2ccccc2)CCC(C)(c2ccc(-c3[c-]cccc3)nc2)CC1.[Ir].[Ir].[Ir].[c-]1ccccc1-c1ccccn1. The first kappa shape index (κ1) is 75.8. The molecule has 591 valence electrons. The molecule has 3 radical (unpaired) electrons. The first-order chi connectivity index (χ1) is 58.9. The summed E-state index contributed by atoms with van der Waals surface area (Å²) in [5.74, 6) is -1.35. The van der Waals surface area contributed by atoms with Crippen LogP contribution in [0.2, 0.25) is 0 Å². The van der Waals surface area contributed by atoms with E-state index in [0.717, 1.165) is 161 Å². The minimum absolute atomic E-state index is 0. The molecular weight excluding hydrogens is 1950 g/mol. The number of hydrogen-bond acceptors (Lipinski definition) is 6. The van der Waals surface area contributed by atoms with E-state index in [1.165, 1.54) is 29.0 Å². The Balaban J connectivity index is 0.000000159. The summed E-state index contributed by atoms with van der Waals surface area (Å²) in [6.45, 7) is 2.81. The first-order valence-electron chi connectivity index (χ1n) is 43.6. The number of pyridine rings is 6. The molecule has 6 aromatic heterocycles. The summed E-state index contributed by atoms with van der Waals surface area (Å²) in [6.07, 6.45) is 22.4. The topological polar surface area (TPSA) is 77.3 Å². The molecule has 18 rings (SSSR count). The fraction of sp³-hybridized carbons (Fsp3) is 0.215. The molecule has 0 N–H and O–H groups in total. The third-order valence-electron chi connectivity index (χ3n) is 21.9. The van der Waals surface area contributed by atoms with Crippen molar-refractivity contribution in [3.8, 4) is 67.5 Å². The van der Waals surface area contributed by atoms with E-state index in [4.69, 9.17) is 12.3 Å². The number of hydrogen-bond donors (Lipinski definition) is 0. The van der Waals surface area contributed by atoms with Crippen molar-refractivity contribution >= 4 is 0 Å². The van der Waals surface area contributed by atoms with Gasteiger partial charge >= 0.3 is 0 Å². The monoisotopic (exact) mass is 2060 g/mol. The maximum atomic E-state index is 8.93.